The van der Waals surface area contributed by atoms with Crippen LogP contribution in [0.4, 0.5) is 0 Å². The van der Waals surface area contributed by atoms with Crippen molar-refractivity contribution in [3.05, 3.63) is 0 Å². The highest BCUT2D eigenvalue weighted by Crippen LogP contribution is 2.22. The summed E-state index contributed by atoms with van der Waals surface area (Å²) in [6.45, 7) is 8.91. The summed E-state index contributed by atoms with van der Waals surface area (Å²) in [6, 6.07) is -0.186. The van der Waals surface area contributed by atoms with E-state index in [0.29, 0.717) is 26.2 Å². The average molecular weight is 273 g/mol. The molecule has 1 fully saturated rings. The van der Waals surface area contributed by atoms with E-state index in [1.54, 1.807) is 7.11 Å². The van der Waals surface area contributed by atoms with Crippen LogP contribution >= 0.6 is 0 Å². The van der Waals surface area contributed by atoms with Crippen molar-refractivity contribution >= 4 is 5.91 Å². The Labute approximate surface area is 115 Å². The van der Waals surface area contributed by atoms with Crippen molar-refractivity contribution in [3.63, 3.8) is 0 Å². The number of ether oxygens (including phenoxy) is 2. The molecule has 0 aromatic rings. The van der Waals surface area contributed by atoms with Crippen molar-refractivity contribution in [3.8, 4) is 0 Å². The quantitative estimate of drug-likeness (QED) is 0.643. The first-order valence-electron chi connectivity index (χ1n) is 6.78. The van der Waals surface area contributed by atoms with Crippen molar-refractivity contribution in [2.75, 3.05) is 39.9 Å². The molecule has 2 unspecified atom stereocenters. The van der Waals surface area contributed by atoms with Gasteiger partial charge in [-0.2, -0.15) is 0 Å². The summed E-state index contributed by atoms with van der Waals surface area (Å²) in [6.07, 6.45) is -0.0158. The van der Waals surface area contributed by atoms with Crippen LogP contribution in [0.25, 0.3) is 0 Å². The Morgan fingerprint density at radius 1 is 1.63 bits per heavy atom. The van der Waals surface area contributed by atoms with Crippen molar-refractivity contribution in [2.45, 2.75) is 38.5 Å². The van der Waals surface area contributed by atoms with Gasteiger partial charge in [0.1, 0.15) is 0 Å². The number of rotatable bonds is 6. The normalized spacial score (nSPS) is 25.0. The van der Waals surface area contributed by atoms with Gasteiger partial charge in [-0.3, -0.25) is 9.69 Å². The average Bonchev–Trinajstić information content (AvgIpc) is 2.36. The second-order valence-electron chi connectivity index (χ2n) is 5.62. The number of nitrogens with one attached hydrogen (secondary N) is 1. The third kappa shape index (κ3) is 5.06. The summed E-state index contributed by atoms with van der Waals surface area (Å²) < 4.78 is 10.8. The van der Waals surface area contributed by atoms with Crippen molar-refractivity contribution in [2.24, 2.45) is 5.73 Å². The lowest BCUT2D eigenvalue weighted by Crippen LogP contribution is -2.59. The second-order valence-corrected chi connectivity index (χ2v) is 5.62. The molecule has 1 aliphatic rings. The lowest BCUT2D eigenvalue weighted by Gasteiger charge is -2.44. The molecule has 3 N–H and O–H groups in total. The molecule has 1 amide bonds. The molecule has 1 saturated heterocycles. The van der Waals surface area contributed by atoms with E-state index in [0.717, 1.165) is 6.54 Å². The highest BCUT2D eigenvalue weighted by molar-refractivity contribution is 5.81. The zero-order valence-electron chi connectivity index (χ0n) is 12.4. The van der Waals surface area contributed by atoms with E-state index >= 15 is 0 Å². The topological polar surface area (TPSA) is 76.8 Å². The van der Waals surface area contributed by atoms with Crippen LogP contribution in [-0.4, -0.2) is 68.4 Å². The molecule has 1 heterocycles. The first kappa shape index (κ1) is 16.4. The third-order valence-corrected chi connectivity index (χ3v) is 3.30. The molecule has 112 valence electrons. The van der Waals surface area contributed by atoms with Gasteiger partial charge in [-0.1, -0.05) is 0 Å². The Bertz CT molecular complexity index is 297. The first-order chi connectivity index (χ1) is 8.89. The van der Waals surface area contributed by atoms with Gasteiger partial charge in [-0.05, 0) is 20.8 Å². The highest BCUT2D eigenvalue weighted by atomic mass is 16.5. The molecular formula is C13H27N3O3. The lowest BCUT2D eigenvalue weighted by molar-refractivity contribution is -0.149. The van der Waals surface area contributed by atoms with Gasteiger partial charge in [0, 0.05) is 33.3 Å². The summed E-state index contributed by atoms with van der Waals surface area (Å²) in [4.78, 5) is 14.2. The van der Waals surface area contributed by atoms with Crippen molar-refractivity contribution in [1.82, 2.24) is 10.2 Å². The van der Waals surface area contributed by atoms with Crippen LogP contribution in [0.5, 0.6) is 0 Å². The molecule has 0 aromatic heterocycles. The number of amides is 1. The minimum absolute atomic E-state index is 0.0158. The number of hydrogen-bond donors (Lipinski definition) is 2. The minimum atomic E-state index is -0.274. The summed E-state index contributed by atoms with van der Waals surface area (Å²) in [7, 11) is 1.62. The molecule has 0 aliphatic carbocycles. The van der Waals surface area contributed by atoms with E-state index < -0.39 is 0 Å². The van der Waals surface area contributed by atoms with E-state index in [1.165, 1.54) is 0 Å². The Hall–Kier alpha value is -0.690. The van der Waals surface area contributed by atoms with Crippen LogP contribution < -0.4 is 11.1 Å². The standard InChI is InChI=1S/C13H27N3O3/c1-10(12(17)15-5-6-18-4)16-8-11(7-14)19-13(2,3)9-16/h10-11H,5-9,14H2,1-4H3,(H,15,17). The summed E-state index contributed by atoms with van der Waals surface area (Å²) >= 11 is 0. The zero-order valence-corrected chi connectivity index (χ0v) is 12.4. The van der Waals surface area contributed by atoms with Gasteiger partial charge < -0.3 is 20.5 Å². The molecule has 6 heteroatoms. The number of methoxy groups -OCH3 is 1. The fraction of sp³-hybridized carbons (Fsp3) is 0.923. The molecule has 0 spiro atoms. The summed E-state index contributed by atoms with van der Waals surface area (Å²) in [5, 5.41) is 2.86. The number of hydrogen-bond acceptors (Lipinski definition) is 5. The van der Waals surface area contributed by atoms with Crippen LogP contribution in [0.15, 0.2) is 0 Å². The fourth-order valence-electron chi connectivity index (χ4n) is 2.35. The minimum Gasteiger partial charge on any atom is -0.383 e. The maximum atomic E-state index is 12.0. The number of nitrogens with two attached hydrogens (primary N) is 1. The smallest absolute Gasteiger partial charge is 0.237 e. The maximum Gasteiger partial charge on any atom is 0.237 e. The Morgan fingerprint density at radius 3 is 2.89 bits per heavy atom. The Balaban J connectivity index is 2.54. The molecule has 1 rings (SSSR count). The molecule has 2 atom stereocenters. The van der Waals surface area contributed by atoms with Crippen LogP contribution in [-0.2, 0) is 14.3 Å². The summed E-state index contributed by atoms with van der Waals surface area (Å²) in [5.74, 6) is 0.0190. The first-order valence-corrected chi connectivity index (χ1v) is 6.78. The van der Waals surface area contributed by atoms with E-state index in [9.17, 15) is 4.79 Å². The molecule has 1 aliphatic heterocycles. The lowest BCUT2D eigenvalue weighted by atomic mass is 10.0. The largest absolute Gasteiger partial charge is 0.383 e. The second kappa shape index (κ2) is 7.19. The van der Waals surface area contributed by atoms with Gasteiger partial charge in [-0.25, -0.2) is 0 Å². The van der Waals surface area contributed by atoms with Crippen LogP contribution in [0.2, 0.25) is 0 Å². The third-order valence-electron chi connectivity index (χ3n) is 3.30. The monoisotopic (exact) mass is 273 g/mol. The Kier molecular flexibility index (Phi) is 6.19. The molecule has 6 nitrogen and oxygen atoms in total. The molecule has 0 aromatic carbocycles. The van der Waals surface area contributed by atoms with Crippen LogP contribution in [0.3, 0.4) is 0 Å². The Morgan fingerprint density at radius 2 is 2.32 bits per heavy atom. The predicted molar refractivity (Wildman–Crippen MR) is 73.9 cm³/mol. The van der Waals surface area contributed by atoms with Crippen LogP contribution in [0.1, 0.15) is 20.8 Å². The van der Waals surface area contributed by atoms with Gasteiger partial charge in [0.25, 0.3) is 0 Å². The fourth-order valence-corrected chi connectivity index (χ4v) is 2.35. The van der Waals surface area contributed by atoms with Gasteiger partial charge in [0.15, 0.2) is 0 Å². The van der Waals surface area contributed by atoms with E-state index in [-0.39, 0.29) is 23.7 Å². The molecule has 0 bridgehead atoms. The van der Waals surface area contributed by atoms with Gasteiger partial charge in [-0.15, -0.1) is 0 Å². The van der Waals surface area contributed by atoms with E-state index in [2.05, 4.69) is 10.2 Å². The molecule has 19 heavy (non-hydrogen) atoms. The number of carbonyl (C=O) groups excluding carboxylic acids is 1. The van der Waals surface area contributed by atoms with Gasteiger partial charge in [0.2, 0.25) is 5.91 Å². The van der Waals surface area contributed by atoms with Gasteiger partial charge >= 0.3 is 0 Å². The number of nitrogens with zero attached hydrogens (tertiary/aromatic N) is 1. The number of morpholine rings is 1. The van der Waals surface area contributed by atoms with Gasteiger partial charge in [0.05, 0.1) is 24.4 Å². The molecule has 0 saturated carbocycles. The van der Waals surface area contributed by atoms with Crippen molar-refractivity contribution in [1.29, 1.82) is 0 Å². The molecule has 0 radical (unpaired) electrons. The molecular weight excluding hydrogens is 246 g/mol. The maximum absolute atomic E-state index is 12.0. The predicted octanol–water partition coefficient (Wildman–Crippen LogP) is -0.424. The van der Waals surface area contributed by atoms with E-state index in [4.69, 9.17) is 15.2 Å². The summed E-state index contributed by atoms with van der Waals surface area (Å²) in [5.41, 5.74) is 5.42. The highest BCUT2D eigenvalue weighted by Gasteiger charge is 2.36. The van der Waals surface area contributed by atoms with Crippen LogP contribution in [0, 0.1) is 0 Å². The SMILES string of the molecule is COCCNC(=O)C(C)N1CC(CN)OC(C)(C)C1. The number of carbonyl (C=O) groups is 1. The zero-order chi connectivity index (χ0) is 14.5. The van der Waals surface area contributed by atoms with E-state index in [1.807, 2.05) is 20.8 Å². The van der Waals surface area contributed by atoms with Crippen molar-refractivity contribution < 1.29 is 14.3 Å².